The minimum absolute atomic E-state index is 0.276. The number of hydrogen-bond acceptors (Lipinski definition) is 3. The maximum Gasteiger partial charge on any atom is 0.123 e. The summed E-state index contributed by atoms with van der Waals surface area (Å²) in [4.78, 5) is 0. The lowest BCUT2D eigenvalue weighted by atomic mass is 10.1. The Morgan fingerprint density at radius 1 is 1.35 bits per heavy atom. The molecule has 0 radical (unpaired) electrons. The number of ether oxygens (including phenoxy) is 2. The molecule has 0 amide bonds. The summed E-state index contributed by atoms with van der Waals surface area (Å²) < 4.78 is 11.2. The summed E-state index contributed by atoms with van der Waals surface area (Å²) in [7, 11) is 0. The first-order valence-electron chi connectivity index (χ1n) is 6.43. The van der Waals surface area contributed by atoms with E-state index < -0.39 is 0 Å². The van der Waals surface area contributed by atoms with Crippen LogP contribution in [0.15, 0.2) is 24.3 Å². The van der Waals surface area contributed by atoms with E-state index in [2.05, 4.69) is 24.4 Å². The highest BCUT2D eigenvalue weighted by Gasteiger charge is 2.21. The van der Waals surface area contributed by atoms with Crippen LogP contribution in [0.4, 0.5) is 0 Å². The van der Waals surface area contributed by atoms with Gasteiger partial charge in [-0.15, -0.1) is 0 Å². The predicted molar refractivity (Wildman–Crippen MR) is 68.5 cm³/mol. The largest absolute Gasteiger partial charge is 0.488 e. The minimum Gasteiger partial charge on any atom is -0.488 e. The van der Waals surface area contributed by atoms with Crippen molar-refractivity contribution in [3.05, 3.63) is 29.8 Å². The fourth-order valence-electron chi connectivity index (χ4n) is 2.02. The number of hydrogen-bond donors (Lipinski definition) is 1. The Labute approximate surface area is 103 Å². The Morgan fingerprint density at radius 2 is 2.24 bits per heavy atom. The van der Waals surface area contributed by atoms with Crippen LogP contribution in [0.2, 0.25) is 0 Å². The molecule has 0 saturated heterocycles. The van der Waals surface area contributed by atoms with E-state index in [-0.39, 0.29) is 6.10 Å². The van der Waals surface area contributed by atoms with Gasteiger partial charge in [0, 0.05) is 26.1 Å². The van der Waals surface area contributed by atoms with Crippen molar-refractivity contribution in [2.24, 2.45) is 0 Å². The van der Waals surface area contributed by atoms with Gasteiger partial charge >= 0.3 is 0 Å². The lowest BCUT2D eigenvalue weighted by molar-refractivity contribution is 0.133. The molecule has 1 aliphatic heterocycles. The van der Waals surface area contributed by atoms with Crippen molar-refractivity contribution in [3.8, 4) is 5.75 Å². The van der Waals surface area contributed by atoms with Crippen LogP contribution in [0.3, 0.4) is 0 Å². The van der Waals surface area contributed by atoms with Gasteiger partial charge in [-0.1, -0.05) is 25.1 Å². The highest BCUT2D eigenvalue weighted by Crippen LogP contribution is 2.27. The number of fused-ring (bicyclic) bond motifs is 1. The van der Waals surface area contributed by atoms with E-state index >= 15 is 0 Å². The topological polar surface area (TPSA) is 30.5 Å². The lowest BCUT2D eigenvalue weighted by Crippen LogP contribution is -2.32. The molecule has 0 spiro atoms. The molecule has 0 aliphatic carbocycles. The molecule has 94 valence electrons. The molecule has 0 saturated carbocycles. The zero-order valence-electron chi connectivity index (χ0n) is 10.4. The minimum atomic E-state index is 0.276. The Hall–Kier alpha value is -1.06. The second-order valence-corrected chi connectivity index (χ2v) is 4.37. The molecule has 1 unspecified atom stereocenters. The van der Waals surface area contributed by atoms with Crippen LogP contribution < -0.4 is 10.1 Å². The van der Waals surface area contributed by atoms with Gasteiger partial charge in [0.15, 0.2) is 0 Å². The first-order valence-corrected chi connectivity index (χ1v) is 6.43. The molecule has 1 aliphatic rings. The molecule has 2 rings (SSSR count). The van der Waals surface area contributed by atoms with Crippen LogP contribution >= 0.6 is 0 Å². The van der Waals surface area contributed by atoms with Crippen molar-refractivity contribution in [2.45, 2.75) is 25.9 Å². The van der Waals surface area contributed by atoms with E-state index in [9.17, 15) is 0 Å². The van der Waals surface area contributed by atoms with Crippen molar-refractivity contribution < 1.29 is 9.47 Å². The van der Waals surface area contributed by atoms with Crippen molar-refractivity contribution in [1.29, 1.82) is 0 Å². The molecule has 0 bridgehead atoms. The smallest absolute Gasteiger partial charge is 0.123 e. The quantitative estimate of drug-likeness (QED) is 0.733. The standard InChI is InChI=1S/C14H21NO2/c1-2-8-16-9-7-15-11-13-10-12-5-3-4-6-14(12)17-13/h3-6,13,15H,2,7-11H2,1H3. The fraction of sp³-hybridized carbons (Fsp3) is 0.571. The van der Waals surface area contributed by atoms with E-state index in [1.165, 1.54) is 5.56 Å². The maximum atomic E-state index is 5.83. The van der Waals surface area contributed by atoms with E-state index in [1.54, 1.807) is 0 Å². The zero-order chi connectivity index (χ0) is 11.9. The van der Waals surface area contributed by atoms with Gasteiger partial charge in [-0.2, -0.15) is 0 Å². The maximum absolute atomic E-state index is 5.83. The van der Waals surface area contributed by atoms with Gasteiger partial charge in [-0.25, -0.2) is 0 Å². The number of para-hydroxylation sites is 1. The zero-order valence-corrected chi connectivity index (χ0v) is 10.4. The number of benzene rings is 1. The second-order valence-electron chi connectivity index (χ2n) is 4.37. The summed E-state index contributed by atoms with van der Waals surface area (Å²) in [5.41, 5.74) is 1.32. The summed E-state index contributed by atoms with van der Waals surface area (Å²) >= 11 is 0. The highest BCUT2D eigenvalue weighted by atomic mass is 16.5. The first kappa shape index (κ1) is 12.4. The predicted octanol–water partition coefficient (Wildman–Crippen LogP) is 2.01. The van der Waals surface area contributed by atoms with Gasteiger partial charge in [-0.3, -0.25) is 0 Å². The second kappa shape index (κ2) is 6.62. The Bertz CT molecular complexity index is 316. The number of rotatable bonds is 7. The van der Waals surface area contributed by atoms with Gasteiger partial charge in [0.2, 0.25) is 0 Å². The van der Waals surface area contributed by atoms with Crippen LogP contribution in [-0.2, 0) is 11.2 Å². The molecule has 0 fully saturated rings. The van der Waals surface area contributed by atoms with Crippen molar-refractivity contribution >= 4 is 0 Å². The molecule has 1 aromatic carbocycles. The normalized spacial score (nSPS) is 17.8. The van der Waals surface area contributed by atoms with Crippen molar-refractivity contribution in [1.82, 2.24) is 5.32 Å². The third-order valence-electron chi connectivity index (χ3n) is 2.86. The Balaban J connectivity index is 1.60. The summed E-state index contributed by atoms with van der Waals surface area (Å²) in [6.45, 7) is 5.55. The van der Waals surface area contributed by atoms with Gasteiger partial charge in [0.05, 0.1) is 6.61 Å². The Kier molecular flexibility index (Phi) is 4.83. The molecule has 17 heavy (non-hydrogen) atoms. The van der Waals surface area contributed by atoms with Crippen LogP contribution in [-0.4, -0.2) is 32.4 Å². The van der Waals surface area contributed by atoms with E-state index in [1.807, 2.05) is 12.1 Å². The molecular formula is C14H21NO2. The molecule has 1 N–H and O–H groups in total. The van der Waals surface area contributed by atoms with E-state index in [4.69, 9.17) is 9.47 Å². The van der Waals surface area contributed by atoms with Gasteiger partial charge < -0.3 is 14.8 Å². The monoisotopic (exact) mass is 235 g/mol. The highest BCUT2D eigenvalue weighted by molar-refractivity contribution is 5.37. The molecule has 1 atom stereocenters. The molecule has 0 aromatic heterocycles. The molecular weight excluding hydrogens is 214 g/mol. The Morgan fingerprint density at radius 3 is 3.06 bits per heavy atom. The van der Waals surface area contributed by atoms with E-state index in [0.717, 1.165) is 44.9 Å². The summed E-state index contributed by atoms with van der Waals surface area (Å²) in [5, 5.41) is 3.37. The molecule has 1 heterocycles. The SMILES string of the molecule is CCCOCCNCC1Cc2ccccc2O1. The average molecular weight is 235 g/mol. The third-order valence-corrected chi connectivity index (χ3v) is 2.86. The van der Waals surface area contributed by atoms with Crippen LogP contribution in [0.5, 0.6) is 5.75 Å². The first-order chi connectivity index (χ1) is 8.40. The van der Waals surface area contributed by atoms with Crippen LogP contribution in [0, 0.1) is 0 Å². The van der Waals surface area contributed by atoms with Crippen LogP contribution in [0.1, 0.15) is 18.9 Å². The third kappa shape index (κ3) is 3.72. The summed E-state index contributed by atoms with van der Waals surface area (Å²) in [6, 6.07) is 8.27. The van der Waals surface area contributed by atoms with Gasteiger partial charge in [0.25, 0.3) is 0 Å². The van der Waals surface area contributed by atoms with Crippen LogP contribution in [0.25, 0.3) is 0 Å². The number of nitrogens with one attached hydrogen (secondary N) is 1. The molecule has 3 nitrogen and oxygen atoms in total. The van der Waals surface area contributed by atoms with Crippen molar-refractivity contribution in [2.75, 3.05) is 26.3 Å². The lowest BCUT2D eigenvalue weighted by Gasteiger charge is -2.11. The fourth-order valence-corrected chi connectivity index (χ4v) is 2.02. The van der Waals surface area contributed by atoms with E-state index in [0.29, 0.717) is 0 Å². The van der Waals surface area contributed by atoms with Gasteiger partial charge in [0.1, 0.15) is 11.9 Å². The molecule has 3 heteroatoms. The van der Waals surface area contributed by atoms with Crippen molar-refractivity contribution in [3.63, 3.8) is 0 Å². The summed E-state index contributed by atoms with van der Waals surface area (Å²) in [6.07, 6.45) is 2.37. The summed E-state index contributed by atoms with van der Waals surface area (Å²) in [5.74, 6) is 1.04. The average Bonchev–Trinajstić information content (AvgIpc) is 2.76. The molecule has 1 aromatic rings. The van der Waals surface area contributed by atoms with Gasteiger partial charge in [-0.05, 0) is 18.1 Å².